The van der Waals surface area contributed by atoms with Gasteiger partial charge in [-0.15, -0.1) is 0 Å². The lowest BCUT2D eigenvalue weighted by Gasteiger charge is -2.26. The number of rotatable bonds is 4. The zero-order valence-corrected chi connectivity index (χ0v) is 15.4. The van der Waals surface area contributed by atoms with Gasteiger partial charge in [0.05, 0.1) is 5.56 Å². The number of urea groups is 1. The van der Waals surface area contributed by atoms with Gasteiger partial charge in [0, 0.05) is 51.3 Å². The van der Waals surface area contributed by atoms with Crippen LogP contribution in [0.15, 0.2) is 30.7 Å². The zero-order valence-electron chi connectivity index (χ0n) is 15.4. The van der Waals surface area contributed by atoms with E-state index in [0.717, 1.165) is 51.1 Å². The first kappa shape index (κ1) is 16.6. The normalized spacial score (nSPS) is 26.4. The molecule has 0 aromatic carbocycles. The van der Waals surface area contributed by atoms with Gasteiger partial charge in [-0.3, -0.25) is 4.79 Å². The van der Waals surface area contributed by atoms with Crippen LogP contribution in [0.25, 0.3) is 5.65 Å². The van der Waals surface area contributed by atoms with Gasteiger partial charge in [-0.25, -0.2) is 9.78 Å². The van der Waals surface area contributed by atoms with E-state index in [-0.39, 0.29) is 11.9 Å². The van der Waals surface area contributed by atoms with E-state index in [0.29, 0.717) is 29.9 Å². The fourth-order valence-corrected chi connectivity index (χ4v) is 4.85. The van der Waals surface area contributed by atoms with Crippen molar-refractivity contribution in [2.45, 2.75) is 19.3 Å². The maximum Gasteiger partial charge on any atom is 0.320 e. The molecule has 1 aliphatic carbocycles. The molecule has 7 heteroatoms. The molecule has 7 nitrogen and oxygen atoms in total. The van der Waals surface area contributed by atoms with Gasteiger partial charge in [-0.05, 0) is 49.1 Å². The molecule has 27 heavy (non-hydrogen) atoms. The standard InChI is InChI=1S/C20H25N5O2/c26-19(14-3-4-18-21-7-10-24(18)11-14)22-6-5-15-16-12-25(13-17(15)16)20(27)23-8-1-2-9-23/h3-4,7,10-11,15-17H,1-2,5-6,8-9,12-13H2,(H,22,26)/t15-,16-,17+. The smallest absolute Gasteiger partial charge is 0.320 e. The second kappa shape index (κ2) is 6.55. The Morgan fingerprint density at radius 3 is 2.67 bits per heavy atom. The predicted molar refractivity (Wildman–Crippen MR) is 100 cm³/mol. The second-order valence-corrected chi connectivity index (χ2v) is 8.03. The van der Waals surface area contributed by atoms with Crippen LogP contribution in [-0.4, -0.2) is 63.8 Å². The van der Waals surface area contributed by atoms with Crippen molar-refractivity contribution in [1.82, 2.24) is 24.5 Å². The summed E-state index contributed by atoms with van der Waals surface area (Å²) in [4.78, 5) is 33.0. The van der Waals surface area contributed by atoms with Gasteiger partial charge in [-0.1, -0.05) is 0 Å². The Morgan fingerprint density at radius 1 is 1.11 bits per heavy atom. The van der Waals surface area contributed by atoms with Crippen molar-refractivity contribution in [3.05, 3.63) is 36.3 Å². The molecule has 3 fully saturated rings. The van der Waals surface area contributed by atoms with Gasteiger partial charge in [0.2, 0.25) is 0 Å². The average molecular weight is 367 g/mol. The number of carbonyl (C=O) groups excluding carboxylic acids is 2. The molecule has 142 valence electrons. The molecule has 1 saturated carbocycles. The van der Waals surface area contributed by atoms with Gasteiger partial charge in [0.1, 0.15) is 5.65 Å². The summed E-state index contributed by atoms with van der Waals surface area (Å²) in [5, 5.41) is 3.03. The lowest BCUT2D eigenvalue weighted by atomic mass is 10.2. The second-order valence-electron chi connectivity index (χ2n) is 8.03. The Hall–Kier alpha value is -2.57. The molecule has 5 rings (SSSR count). The summed E-state index contributed by atoms with van der Waals surface area (Å²) in [5.41, 5.74) is 1.49. The van der Waals surface area contributed by atoms with Crippen LogP contribution >= 0.6 is 0 Å². The highest BCUT2D eigenvalue weighted by molar-refractivity contribution is 5.94. The van der Waals surface area contributed by atoms with E-state index in [1.165, 1.54) is 0 Å². The third-order valence-electron chi connectivity index (χ3n) is 6.43. The molecule has 3 atom stereocenters. The minimum atomic E-state index is -0.0396. The number of carbonyl (C=O) groups is 2. The van der Waals surface area contributed by atoms with Crippen molar-refractivity contribution in [2.75, 3.05) is 32.7 Å². The lowest BCUT2D eigenvalue weighted by Crippen LogP contribution is -2.42. The van der Waals surface area contributed by atoms with Gasteiger partial charge < -0.3 is 19.5 Å². The minimum Gasteiger partial charge on any atom is -0.352 e. The topological polar surface area (TPSA) is 70.0 Å². The summed E-state index contributed by atoms with van der Waals surface area (Å²) in [5.74, 6) is 1.89. The van der Waals surface area contributed by atoms with Crippen LogP contribution in [0.5, 0.6) is 0 Å². The van der Waals surface area contributed by atoms with E-state index < -0.39 is 0 Å². The van der Waals surface area contributed by atoms with Crippen molar-refractivity contribution in [3.8, 4) is 0 Å². The highest BCUT2D eigenvalue weighted by Crippen LogP contribution is 2.53. The predicted octanol–water partition coefficient (Wildman–Crippen LogP) is 1.85. The number of nitrogens with one attached hydrogen (secondary N) is 1. The number of likely N-dealkylation sites (tertiary alicyclic amines) is 2. The molecule has 2 saturated heterocycles. The molecule has 2 aromatic heterocycles. The van der Waals surface area contributed by atoms with Crippen molar-refractivity contribution in [1.29, 1.82) is 0 Å². The number of amides is 3. The van der Waals surface area contributed by atoms with Gasteiger partial charge >= 0.3 is 6.03 Å². The summed E-state index contributed by atoms with van der Waals surface area (Å²) in [7, 11) is 0. The fraction of sp³-hybridized carbons (Fsp3) is 0.550. The number of aromatic nitrogens is 2. The van der Waals surface area contributed by atoms with Crippen LogP contribution in [0.2, 0.25) is 0 Å². The van der Waals surface area contributed by atoms with E-state index in [4.69, 9.17) is 0 Å². The maximum atomic E-state index is 12.4. The van der Waals surface area contributed by atoms with Gasteiger partial charge in [-0.2, -0.15) is 0 Å². The van der Waals surface area contributed by atoms with Crippen LogP contribution in [0, 0.1) is 17.8 Å². The molecule has 3 aliphatic rings. The first-order valence-electron chi connectivity index (χ1n) is 9.95. The molecule has 2 aromatic rings. The zero-order chi connectivity index (χ0) is 18.4. The van der Waals surface area contributed by atoms with E-state index in [1.807, 2.05) is 38.7 Å². The van der Waals surface area contributed by atoms with E-state index in [2.05, 4.69) is 10.3 Å². The number of imidazole rings is 1. The Labute approximate surface area is 158 Å². The maximum absolute atomic E-state index is 12.4. The lowest BCUT2D eigenvalue weighted by molar-refractivity contribution is 0.0951. The fourth-order valence-electron chi connectivity index (χ4n) is 4.85. The highest BCUT2D eigenvalue weighted by Gasteiger charge is 2.56. The Kier molecular flexibility index (Phi) is 4.02. The largest absolute Gasteiger partial charge is 0.352 e. The van der Waals surface area contributed by atoms with Crippen LogP contribution in [0.4, 0.5) is 4.79 Å². The Balaban J connectivity index is 1.07. The summed E-state index contributed by atoms with van der Waals surface area (Å²) in [6.45, 7) is 4.33. The molecule has 1 N–H and O–H groups in total. The Morgan fingerprint density at radius 2 is 1.89 bits per heavy atom. The number of hydrogen-bond acceptors (Lipinski definition) is 3. The Bertz CT molecular complexity index is 860. The van der Waals surface area contributed by atoms with Crippen LogP contribution < -0.4 is 5.32 Å². The van der Waals surface area contributed by atoms with E-state index in [1.54, 1.807) is 6.20 Å². The van der Waals surface area contributed by atoms with E-state index in [9.17, 15) is 9.59 Å². The summed E-state index contributed by atoms with van der Waals surface area (Å²) >= 11 is 0. The van der Waals surface area contributed by atoms with Crippen LogP contribution in [0.3, 0.4) is 0 Å². The van der Waals surface area contributed by atoms with Crippen LogP contribution in [-0.2, 0) is 0 Å². The van der Waals surface area contributed by atoms with Crippen molar-refractivity contribution in [2.24, 2.45) is 17.8 Å². The monoisotopic (exact) mass is 367 g/mol. The molecule has 0 spiro atoms. The molecular formula is C20H25N5O2. The molecule has 3 amide bonds. The number of nitrogens with zero attached hydrogens (tertiary/aromatic N) is 4. The summed E-state index contributed by atoms with van der Waals surface area (Å²) < 4.78 is 1.85. The molecular weight excluding hydrogens is 342 g/mol. The van der Waals surface area contributed by atoms with E-state index >= 15 is 0 Å². The molecule has 4 heterocycles. The number of hydrogen-bond donors (Lipinski definition) is 1. The number of piperidine rings is 1. The minimum absolute atomic E-state index is 0.0396. The van der Waals surface area contributed by atoms with Crippen LogP contribution in [0.1, 0.15) is 29.6 Å². The van der Waals surface area contributed by atoms with Crippen molar-refractivity contribution < 1.29 is 9.59 Å². The van der Waals surface area contributed by atoms with Crippen molar-refractivity contribution >= 4 is 17.6 Å². The number of fused-ring (bicyclic) bond motifs is 2. The third-order valence-corrected chi connectivity index (χ3v) is 6.43. The number of pyridine rings is 1. The SMILES string of the molecule is O=C(NCC[C@@H]1[C@H]2CN(C(=O)N3CCCC3)C[C@@H]12)c1ccc2nccn2c1. The third kappa shape index (κ3) is 3.05. The molecule has 2 aliphatic heterocycles. The summed E-state index contributed by atoms with van der Waals surface area (Å²) in [6.07, 6.45) is 8.66. The molecule has 0 unspecified atom stereocenters. The van der Waals surface area contributed by atoms with Gasteiger partial charge in [0.15, 0.2) is 0 Å². The highest BCUT2D eigenvalue weighted by atomic mass is 16.2. The molecule has 0 bridgehead atoms. The van der Waals surface area contributed by atoms with Crippen molar-refractivity contribution in [3.63, 3.8) is 0 Å². The average Bonchev–Trinajstić information content (AvgIpc) is 3.22. The quantitative estimate of drug-likeness (QED) is 0.897. The first-order chi connectivity index (χ1) is 13.2. The van der Waals surface area contributed by atoms with Gasteiger partial charge in [0.25, 0.3) is 5.91 Å². The first-order valence-corrected chi connectivity index (χ1v) is 9.95. The summed E-state index contributed by atoms with van der Waals surface area (Å²) in [6, 6.07) is 3.90. The molecule has 0 radical (unpaired) electrons.